The van der Waals surface area contributed by atoms with Crippen LogP contribution in [0.4, 0.5) is 8.78 Å². The Kier molecular flexibility index (Phi) is 8.11. The molecule has 0 atom stereocenters. The zero-order valence-electron chi connectivity index (χ0n) is 14.7. The first-order valence-corrected chi connectivity index (χ1v) is 11.1. The SMILES string of the molecule is CN=C(NCCc1cc(F)ccc1F)NCCS(=O)(=O)N1CCSCC1. The van der Waals surface area contributed by atoms with Crippen LogP contribution in [0.2, 0.25) is 0 Å². The van der Waals surface area contributed by atoms with Gasteiger partial charge in [-0.05, 0) is 30.2 Å². The van der Waals surface area contributed by atoms with Gasteiger partial charge in [0.25, 0.3) is 0 Å². The normalized spacial score (nSPS) is 16.5. The average molecular weight is 407 g/mol. The molecular formula is C16H24F2N4O2S2. The van der Waals surface area contributed by atoms with E-state index in [0.717, 1.165) is 29.7 Å². The van der Waals surface area contributed by atoms with Crippen LogP contribution < -0.4 is 10.6 Å². The number of thioether (sulfide) groups is 1. The Morgan fingerprint density at radius 2 is 1.92 bits per heavy atom. The second-order valence-electron chi connectivity index (χ2n) is 5.74. The number of hydrogen-bond acceptors (Lipinski definition) is 4. The van der Waals surface area contributed by atoms with E-state index in [1.165, 1.54) is 4.31 Å². The molecule has 0 unspecified atom stereocenters. The van der Waals surface area contributed by atoms with Crippen LogP contribution in [0.25, 0.3) is 0 Å². The van der Waals surface area contributed by atoms with Gasteiger partial charge in [0.15, 0.2) is 5.96 Å². The first-order valence-electron chi connectivity index (χ1n) is 8.36. The summed E-state index contributed by atoms with van der Waals surface area (Å²) in [6, 6.07) is 3.34. The molecule has 1 aliphatic rings. The second-order valence-corrected chi connectivity index (χ2v) is 9.05. The maximum atomic E-state index is 13.6. The van der Waals surface area contributed by atoms with Gasteiger partial charge >= 0.3 is 0 Å². The molecule has 0 saturated carbocycles. The first kappa shape index (κ1) is 20.9. The lowest BCUT2D eigenvalue weighted by atomic mass is 10.1. The van der Waals surface area contributed by atoms with E-state index in [4.69, 9.17) is 0 Å². The van der Waals surface area contributed by atoms with Crippen molar-refractivity contribution in [3.8, 4) is 0 Å². The molecule has 1 aliphatic heterocycles. The third-order valence-electron chi connectivity index (χ3n) is 3.93. The van der Waals surface area contributed by atoms with Gasteiger partial charge in [0.1, 0.15) is 11.6 Å². The van der Waals surface area contributed by atoms with Crippen molar-refractivity contribution in [2.24, 2.45) is 4.99 Å². The molecule has 0 aromatic heterocycles. The van der Waals surface area contributed by atoms with Crippen molar-refractivity contribution in [3.63, 3.8) is 0 Å². The minimum absolute atomic E-state index is 0.0170. The smallest absolute Gasteiger partial charge is 0.215 e. The monoisotopic (exact) mass is 406 g/mol. The Hall–Kier alpha value is -1.39. The lowest BCUT2D eigenvalue weighted by Gasteiger charge is -2.25. The number of nitrogens with one attached hydrogen (secondary N) is 2. The Morgan fingerprint density at radius 3 is 2.62 bits per heavy atom. The molecular weight excluding hydrogens is 382 g/mol. The number of guanidine groups is 1. The molecule has 1 aromatic rings. The summed E-state index contributed by atoms with van der Waals surface area (Å²) >= 11 is 1.76. The number of benzene rings is 1. The fourth-order valence-corrected chi connectivity index (χ4v) is 5.01. The summed E-state index contributed by atoms with van der Waals surface area (Å²) < 4.78 is 52.8. The molecule has 1 fully saturated rings. The van der Waals surface area contributed by atoms with Crippen molar-refractivity contribution in [3.05, 3.63) is 35.4 Å². The van der Waals surface area contributed by atoms with Gasteiger partial charge in [0.2, 0.25) is 10.0 Å². The van der Waals surface area contributed by atoms with Crippen molar-refractivity contribution >= 4 is 27.7 Å². The van der Waals surface area contributed by atoms with Gasteiger partial charge in [-0.2, -0.15) is 11.8 Å². The fourth-order valence-electron chi connectivity index (χ4n) is 2.52. The maximum absolute atomic E-state index is 13.6. The number of halogens is 2. The van der Waals surface area contributed by atoms with E-state index in [1.54, 1.807) is 18.8 Å². The van der Waals surface area contributed by atoms with Crippen LogP contribution in [-0.4, -0.2) is 69.2 Å². The number of rotatable bonds is 7. The number of nitrogens with zero attached hydrogens (tertiary/aromatic N) is 2. The summed E-state index contributed by atoms with van der Waals surface area (Å²) in [6.45, 7) is 1.68. The molecule has 0 amide bonds. The van der Waals surface area contributed by atoms with Crippen molar-refractivity contribution < 1.29 is 17.2 Å². The van der Waals surface area contributed by atoms with Crippen LogP contribution in [0.5, 0.6) is 0 Å². The minimum Gasteiger partial charge on any atom is -0.356 e. The fraction of sp³-hybridized carbons (Fsp3) is 0.562. The predicted molar refractivity (Wildman–Crippen MR) is 102 cm³/mol. The summed E-state index contributed by atoms with van der Waals surface area (Å²) in [5.74, 6) is 1.12. The molecule has 10 heteroatoms. The van der Waals surface area contributed by atoms with Gasteiger partial charge < -0.3 is 10.6 Å². The number of aliphatic imine (C=N–C) groups is 1. The van der Waals surface area contributed by atoms with Crippen LogP contribution >= 0.6 is 11.8 Å². The number of hydrogen-bond donors (Lipinski definition) is 2. The van der Waals surface area contributed by atoms with E-state index in [-0.39, 0.29) is 24.3 Å². The molecule has 1 heterocycles. The van der Waals surface area contributed by atoms with E-state index in [2.05, 4.69) is 15.6 Å². The zero-order valence-corrected chi connectivity index (χ0v) is 16.3. The van der Waals surface area contributed by atoms with Crippen LogP contribution in [0, 0.1) is 11.6 Å². The lowest BCUT2D eigenvalue weighted by Crippen LogP contribution is -2.44. The predicted octanol–water partition coefficient (Wildman–Crippen LogP) is 1.05. The molecule has 0 bridgehead atoms. The van der Waals surface area contributed by atoms with Gasteiger partial charge in [-0.15, -0.1) is 0 Å². The van der Waals surface area contributed by atoms with Crippen LogP contribution in [0.3, 0.4) is 0 Å². The first-order chi connectivity index (χ1) is 12.4. The molecule has 146 valence electrons. The van der Waals surface area contributed by atoms with Gasteiger partial charge in [0.05, 0.1) is 5.75 Å². The lowest BCUT2D eigenvalue weighted by molar-refractivity contribution is 0.443. The summed E-state index contributed by atoms with van der Waals surface area (Å²) in [5, 5.41) is 5.91. The van der Waals surface area contributed by atoms with Crippen molar-refractivity contribution in [1.29, 1.82) is 0 Å². The van der Waals surface area contributed by atoms with Crippen LogP contribution in [-0.2, 0) is 16.4 Å². The summed E-state index contributed by atoms with van der Waals surface area (Å²) in [4.78, 5) is 4.01. The molecule has 0 radical (unpaired) electrons. The quantitative estimate of drug-likeness (QED) is 0.523. The van der Waals surface area contributed by atoms with Gasteiger partial charge in [-0.1, -0.05) is 0 Å². The topological polar surface area (TPSA) is 73.8 Å². The van der Waals surface area contributed by atoms with Gasteiger partial charge in [-0.25, -0.2) is 21.5 Å². The average Bonchev–Trinajstić information content (AvgIpc) is 2.64. The Bertz CT molecular complexity index is 723. The summed E-state index contributed by atoms with van der Waals surface area (Å²) in [5.41, 5.74) is 0.276. The van der Waals surface area contributed by atoms with E-state index in [0.29, 0.717) is 25.6 Å². The highest BCUT2D eigenvalue weighted by molar-refractivity contribution is 7.99. The highest BCUT2D eigenvalue weighted by Crippen LogP contribution is 2.13. The molecule has 2 N–H and O–H groups in total. The van der Waals surface area contributed by atoms with E-state index >= 15 is 0 Å². The Labute approximate surface area is 157 Å². The van der Waals surface area contributed by atoms with E-state index in [9.17, 15) is 17.2 Å². The third-order valence-corrected chi connectivity index (χ3v) is 6.75. The third kappa shape index (κ3) is 6.40. The zero-order chi connectivity index (χ0) is 19.0. The molecule has 1 aromatic carbocycles. The highest BCUT2D eigenvalue weighted by atomic mass is 32.2. The summed E-state index contributed by atoms with van der Waals surface area (Å²) in [6.07, 6.45) is 0.286. The standard InChI is InChI=1S/C16H24F2N4O2S2/c1-19-16(20-5-4-13-12-14(17)2-3-15(13)18)21-6-11-26(23,24)22-7-9-25-10-8-22/h2-3,12H,4-11H2,1H3,(H2,19,20,21). The van der Waals surface area contributed by atoms with Crippen molar-refractivity contribution in [2.75, 3.05) is 50.5 Å². The van der Waals surface area contributed by atoms with Crippen LogP contribution in [0.1, 0.15) is 5.56 Å². The molecule has 26 heavy (non-hydrogen) atoms. The summed E-state index contributed by atoms with van der Waals surface area (Å²) in [7, 11) is -1.71. The van der Waals surface area contributed by atoms with E-state index in [1.807, 2.05) is 0 Å². The van der Waals surface area contributed by atoms with Crippen LogP contribution in [0.15, 0.2) is 23.2 Å². The van der Waals surface area contributed by atoms with E-state index < -0.39 is 21.7 Å². The minimum atomic E-state index is -3.28. The second kappa shape index (κ2) is 10.1. The molecule has 6 nitrogen and oxygen atoms in total. The highest BCUT2D eigenvalue weighted by Gasteiger charge is 2.23. The molecule has 1 saturated heterocycles. The van der Waals surface area contributed by atoms with Crippen molar-refractivity contribution in [1.82, 2.24) is 14.9 Å². The largest absolute Gasteiger partial charge is 0.356 e. The Morgan fingerprint density at radius 1 is 1.23 bits per heavy atom. The van der Waals surface area contributed by atoms with Gasteiger partial charge in [-0.3, -0.25) is 4.99 Å². The Balaban J connectivity index is 1.74. The number of sulfonamides is 1. The molecule has 0 aliphatic carbocycles. The van der Waals surface area contributed by atoms with Crippen molar-refractivity contribution in [2.45, 2.75) is 6.42 Å². The molecule has 0 spiro atoms. The molecule has 2 rings (SSSR count). The van der Waals surface area contributed by atoms with Gasteiger partial charge in [0, 0.05) is 44.7 Å². The maximum Gasteiger partial charge on any atom is 0.215 e.